The summed E-state index contributed by atoms with van der Waals surface area (Å²) in [5.41, 5.74) is 1.59. The van der Waals surface area contributed by atoms with Gasteiger partial charge in [-0.05, 0) is 31.4 Å². The standard InChI is InChI=1S/C23H28N4O6/c1-25(23(31)32)13-4-6-15-33-14-5-3-8-16-9-7-10-17-20(16)26(2)22(30)27(17)18-11-12-19(28)24-21(18)29/h7,9-10,18H,4-6,11-15H2,1-2H3,(H,31,32)(H,24,28,29). The van der Waals surface area contributed by atoms with Crippen molar-refractivity contribution >= 4 is 28.9 Å². The van der Waals surface area contributed by atoms with Gasteiger partial charge in [0.05, 0.1) is 23.2 Å². The predicted octanol–water partition coefficient (Wildman–Crippen LogP) is 1.47. The van der Waals surface area contributed by atoms with Crippen molar-refractivity contribution in [2.75, 3.05) is 26.8 Å². The van der Waals surface area contributed by atoms with Gasteiger partial charge in [-0.1, -0.05) is 17.9 Å². The van der Waals surface area contributed by atoms with E-state index in [1.807, 2.05) is 6.07 Å². The van der Waals surface area contributed by atoms with E-state index in [0.717, 1.165) is 12.8 Å². The van der Waals surface area contributed by atoms with E-state index >= 15 is 0 Å². The lowest BCUT2D eigenvalue weighted by Gasteiger charge is -2.21. The minimum absolute atomic E-state index is 0.189. The summed E-state index contributed by atoms with van der Waals surface area (Å²) in [4.78, 5) is 48.7. The first-order valence-corrected chi connectivity index (χ1v) is 10.9. The molecule has 0 spiro atoms. The Morgan fingerprint density at radius 2 is 2.06 bits per heavy atom. The van der Waals surface area contributed by atoms with E-state index in [1.165, 1.54) is 21.1 Å². The molecule has 1 aliphatic rings. The van der Waals surface area contributed by atoms with E-state index in [9.17, 15) is 19.2 Å². The van der Waals surface area contributed by atoms with Crippen molar-refractivity contribution in [1.29, 1.82) is 0 Å². The van der Waals surface area contributed by atoms with Crippen LogP contribution < -0.4 is 11.0 Å². The average Bonchev–Trinajstić information content (AvgIpc) is 3.03. The van der Waals surface area contributed by atoms with Crippen LogP contribution in [-0.4, -0.2) is 63.9 Å². The van der Waals surface area contributed by atoms with E-state index in [4.69, 9.17) is 9.84 Å². The molecule has 0 bridgehead atoms. The first-order chi connectivity index (χ1) is 15.8. The number of rotatable bonds is 8. The SMILES string of the molecule is CN(CCCCOCCC#Cc1cccc2c1n(C)c(=O)n2C1CCC(=O)NC1=O)C(=O)O. The Bertz CT molecular complexity index is 1170. The summed E-state index contributed by atoms with van der Waals surface area (Å²) in [6.45, 7) is 1.46. The highest BCUT2D eigenvalue weighted by molar-refractivity contribution is 6.00. The summed E-state index contributed by atoms with van der Waals surface area (Å²) in [6.07, 6.45) is 1.53. The minimum Gasteiger partial charge on any atom is -0.465 e. The van der Waals surface area contributed by atoms with Crippen LogP contribution in [0.1, 0.15) is 43.7 Å². The summed E-state index contributed by atoms with van der Waals surface area (Å²) >= 11 is 0. The smallest absolute Gasteiger partial charge is 0.407 e. The first-order valence-electron chi connectivity index (χ1n) is 10.9. The molecular formula is C23H28N4O6. The zero-order chi connectivity index (χ0) is 24.0. The molecule has 176 valence electrons. The number of imide groups is 1. The molecule has 3 amide bonds. The molecule has 2 N–H and O–H groups in total. The minimum atomic E-state index is -0.939. The van der Waals surface area contributed by atoms with Crippen LogP contribution in [0.2, 0.25) is 0 Å². The quantitative estimate of drug-likeness (QED) is 0.352. The second-order valence-electron chi connectivity index (χ2n) is 7.93. The summed E-state index contributed by atoms with van der Waals surface area (Å²) in [6, 6.07) is 4.66. The molecule has 1 atom stereocenters. The topological polar surface area (TPSA) is 123 Å². The first kappa shape index (κ1) is 24.1. The van der Waals surface area contributed by atoms with Crippen molar-refractivity contribution in [2.45, 2.75) is 38.1 Å². The third-order valence-corrected chi connectivity index (χ3v) is 5.58. The molecule has 1 fully saturated rings. The number of piperidine rings is 1. The van der Waals surface area contributed by atoms with Crippen molar-refractivity contribution < 1.29 is 24.2 Å². The molecule has 1 aromatic carbocycles. The molecule has 1 unspecified atom stereocenters. The fourth-order valence-corrected chi connectivity index (χ4v) is 3.80. The Morgan fingerprint density at radius 3 is 2.79 bits per heavy atom. The van der Waals surface area contributed by atoms with Gasteiger partial charge in [-0.25, -0.2) is 9.59 Å². The Balaban J connectivity index is 1.62. The van der Waals surface area contributed by atoms with Gasteiger partial charge in [0.1, 0.15) is 6.04 Å². The number of aryl methyl sites for hydroxylation is 1. The molecule has 1 aromatic heterocycles. The fraction of sp³-hybridized carbons (Fsp3) is 0.478. The largest absolute Gasteiger partial charge is 0.465 e. The zero-order valence-corrected chi connectivity index (χ0v) is 18.8. The van der Waals surface area contributed by atoms with E-state index in [1.54, 1.807) is 19.2 Å². The molecule has 0 saturated carbocycles. The molecule has 10 heteroatoms. The van der Waals surface area contributed by atoms with Gasteiger partial charge >= 0.3 is 11.8 Å². The predicted molar refractivity (Wildman–Crippen MR) is 121 cm³/mol. The van der Waals surface area contributed by atoms with E-state index < -0.39 is 18.0 Å². The normalized spacial score (nSPS) is 15.8. The highest BCUT2D eigenvalue weighted by Crippen LogP contribution is 2.24. The number of benzene rings is 1. The Hall–Kier alpha value is -3.58. The van der Waals surface area contributed by atoms with Gasteiger partial charge in [0.25, 0.3) is 0 Å². The second-order valence-corrected chi connectivity index (χ2v) is 7.93. The van der Waals surface area contributed by atoms with Gasteiger partial charge in [-0.2, -0.15) is 0 Å². The lowest BCUT2D eigenvalue weighted by molar-refractivity contribution is -0.135. The number of para-hydroxylation sites is 1. The van der Waals surface area contributed by atoms with Crippen molar-refractivity contribution in [2.24, 2.45) is 7.05 Å². The number of amides is 3. The number of nitrogens with zero attached hydrogens (tertiary/aromatic N) is 3. The van der Waals surface area contributed by atoms with Gasteiger partial charge in [0, 0.05) is 40.1 Å². The maximum atomic E-state index is 12.9. The van der Waals surface area contributed by atoms with Crippen LogP contribution in [0.3, 0.4) is 0 Å². The number of aromatic nitrogens is 2. The number of nitrogens with one attached hydrogen (secondary N) is 1. The van der Waals surface area contributed by atoms with Crippen LogP contribution in [0.4, 0.5) is 4.79 Å². The van der Waals surface area contributed by atoms with E-state index in [2.05, 4.69) is 17.2 Å². The van der Waals surface area contributed by atoms with Gasteiger partial charge in [0.15, 0.2) is 0 Å². The molecule has 10 nitrogen and oxygen atoms in total. The number of carbonyl (C=O) groups excluding carboxylic acids is 2. The lowest BCUT2D eigenvalue weighted by Crippen LogP contribution is -2.44. The third kappa shape index (κ3) is 5.62. The van der Waals surface area contributed by atoms with Crippen molar-refractivity contribution in [3.05, 3.63) is 34.2 Å². The van der Waals surface area contributed by atoms with Crippen LogP contribution in [0, 0.1) is 11.8 Å². The van der Waals surface area contributed by atoms with Crippen LogP contribution in [-0.2, 0) is 21.4 Å². The molecule has 2 aromatic rings. The molecule has 0 aliphatic carbocycles. The van der Waals surface area contributed by atoms with Crippen LogP contribution >= 0.6 is 0 Å². The molecule has 3 rings (SSSR count). The monoisotopic (exact) mass is 456 g/mol. The van der Waals surface area contributed by atoms with Crippen LogP contribution in [0.25, 0.3) is 11.0 Å². The summed E-state index contributed by atoms with van der Waals surface area (Å²) in [5, 5.41) is 11.1. The van der Waals surface area contributed by atoms with Gasteiger partial charge in [-0.3, -0.25) is 24.0 Å². The van der Waals surface area contributed by atoms with Crippen LogP contribution in [0.15, 0.2) is 23.0 Å². The molecule has 0 radical (unpaired) electrons. The molecule has 1 aliphatic heterocycles. The Kier molecular flexibility index (Phi) is 7.90. The highest BCUT2D eigenvalue weighted by atomic mass is 16.5. The number of hydrogen-bond acceptors (Lipinski definition) is 5. The maximum Gasteiger partial charge on any atom is 0.407 e. The van der Waals surface area contributed by atoms with Gasteiger partial charge in [0.2, 0.25) is 11.8 Å². The zero-order valence-electron chi connectivity index (χ0n) is 18.8. The number of fused-ring (bicyclic) bond motifs is 1. The number of ether oxygens (including phenoxy) is 1. The van der Waals surface area contributed by atoms with Crippen molar-refractivity contribution in [3.63, 3.8) is 0 Å². The Labute approximate surface area is 191 Å². The summed E-state index contributed by atoms with van der Waals surface area (Å²) in [5.74, 6) is 5.35. The van der Waals surface area contributed by atoms with Crippen LogP contribution in [0.5, 0.6) is 0 Å². The maximum absolute atomic E-state index is 12.9. The highest BCUT2D eigenvalue weighted by Gasteiger charge is 2.31. The number of imidazole rings is 1. The molecule has 2 heterocycles. The Morgan fingerprint density at radius 1 is 1.27 bits per heavy atom. The second kappa shape index (κ2) is 10.8. The molecule has 33 heavy (non-hydrogen) atoms. The lowest BCUT2D eigenvalue weighted by atomic mass is 10.1. The number of carbonyl (C=O) groups is 3. The summed E-state index contributed by atoms with van der Waals surface area (Å²) in [7, 11) is 3.18. The molecular weight excluding hydrogens is 428 g/mol. The number of hydrogen-bond donors (Lipinski definition) is 2. The summed E-state index contributed by atoms with van der Waals surface area (Å²) < 4.78 is 8.47. The van der Waals surface area contributed by atoms with E-state index in [0.29, 0.717) is 42.8 Å². The molecule has 1 saturated heterocycles. The van der Waals surface area contributed by atoms with E-state index in [-0.39, 0.29) is 24.4 Å². The number of carboxylic acid groups (broad SMARTS) is 1. The third-order valence-electron chi connectivity index (χ3n) is 5.58. The van der Waals surface area contributed by atoms with Gasteiger partial charge < -0.3 is 14.7 Å². The fourth-order valence-electron chi connectivity index (χ4n) is 3.80. The van der Waals surface area contributed by atoms with Crippen molar-refractivity contribution in [3.8, 4) is 11.8 Å². The number of unbranched alkanes of at least 4 members (excludes halogenated alkanes) is 1. The average molecular weight is 456 g/mol. The van der Waals surface area contributed by atoms with Gasteiger partial charge in [-0.15, -0.1) is 0 Å². The van der Waals surface area contributed by atoms with Crippen molar-refractivity contribution in [1.82, 2.24) is 19.4 Å².